The highest BCUT2D eigenvalue weighted by molar-refractivity contribution is 8.00. The van der Waals surface area contributed by atoms with Crippen molar-refractivity contribution in [3.05, 3.63) is 68.9 Å². The molecule has 168 valence electrons. The van der Waals surface area contributed by atoms with E-state index in [0.717, 1.165) is 28.2 Å². The Kier molecular flexibility index (Phi) is 6.51. The van der Waals surface area contributed by atoms with E-state index in [-0.39, 0.29) is 5.37 Å². The number of fused-ring (bicyclic) bond motifs is 1. The molecule has 1 saturated heterocycles. The van der Waals surface area contributed by atoms with E-state index >= 15 is 0 Å². The monoisotopic (exact) mass is 500 g/mol. The molecule has 2 aromatic carbocycles. The van der Waals surface area contributed by atoms with E-state index in [2.05, 4.69) is 10.5 Å². The number of thioether (sulfide) groups is 1. The number of benzene rings is 2. The first-order valence-corrected chi connectivity index (χ1v) is 11.5. The summed E-state index contributed by atoms with van der Waals surface area (Å²) in [5.41, 5.74) is 2.41. The molecule has 3 unspecified atom stereocenters. The topological polar surface area (TPSA) is 74.2 Å². The van der Waals surface area contributed by atoms with Crippen LogP contribution in [0.25, 0.3) is 11.1 Å². The van der Waals surface area contributed by atoms with Crippen LogP contribution in [0, 0.1) is 4.91 Å². The van der Waals surface area contributed by atoms with Crippen LogP contribution >= 0.6 is 34.7 Å². The van der Waals surface area contributed by atoms with E-state index < -0.39 is 24.1 Å². The lowest BCUT2D eigenvalue weighted by molar-refractivity contribution is -0.137. The maximum absolute atomic E-state index is 12.3. The minimum Gasteiger partial charge on any atom is -0.372 e. The smallest absolute Gasteiger partial charge is 0.372 e. The highest BCUT2D eigenvalue weighted by atomic mass is 35.5. The van der Waals surface area contributed by atoms with Gasteiger partial charge in [0, 0.05) is 32.1 Å². The molecule has 0 amide bonds. The largest absolute Gasteiger partial charge is 0.416 e. The third kappa shape index (κ3) is 4.94. The van der Waals surface area contributed by atoms with Gasteiger partial charge in [-0.2, -0.15) is 13.2 Å². The van der Waals surface area contributed by atoms with E-state index in [1.54, 1.807) is 12.1 Å². The Morgan fingerprint density at radius 2 is 1.88 bits per heavy atom. The van der Waals surface area contributed by atoms with Crippen LogP contribution < -0.4 is 5.32 Å². The number of epoxide rings is 1. The van der Waals surface area contributed by atoms with Crippen molar-refractivity contribution in [2.24, 2.45) is 5.18 Å². The van der Waals surface area contributed by atoms with Crippen molar-refractivity contribution in [3.63, 3.8) is 0 Å². The minimum absolute atomic E-state index is 0.147. The number of halogens is 4. The number of anilines is 1. The van der Waals surface area contributed by atoms with E-state index in [1.807, 2.05) is 24.4 Å². The van der Waals surface area contributed by atoms with Gasteiger partial charge in [0.25, 0.3) is 0 Å². The molecule has 0 aliphatic carbocycles. The first-order valence-electron chi connectivity index (χ1n) is 9.36. The van der Waals surface area contributed by atoms with Crippen LogP contribution in [-0.2, 0) is 10.9 Å². The molecule has 5 nitrogen and oxygen atoms in total. The van der Waals surface area contributed by atoms with Crippen LogP contribution in [0.1, 0.15) is 24.2 Å². The minimum atomic E-state index is -4.26. The zero-order valence-corrected chi connectivity index (χ0v) is 18.8. The highest BCUT2D eigenvalue weighted by Gasteiger charge is 2.43. The lowest BCUT2D eigenvalue weighted by atomic mass is 10.0. The summed E-state index contributed by atoms with van der Waals surface area (Å²) >= 11 is 8.61. The van der Waals surface area contributed by atoms with Gasteiger partial charge < -0.3 is 15.2 Å². The molecule has 3 aromatic rings. The Labute approximate surface area is 194 Å². The molecule has 32 heavy (non-hydrogen) atoms. The molecule has 0 radical (unpaired) electrons. The van der Waals surface area contributed by atoms with Crippen molar-refractivity contribution < 1.29 is 23.0 Å². The molecule has 0 bridgehead atoms. The van der Waals surface area contributed by atoms with E-state index in [4.69, 9.17) is 16.3 Å². The number of nitrogens with zero attached hydrogens (tertiary/aromatic N) is 1. The van der Waals surface area contributed by atoms with Gasteiger partial charge in [-0.1, -0.05) is 35.5 Å². The summed E-state index contributed by atoms with van der Waals surface area (Å²) in [6.07, 6.45) is -5.55. The summed E-state index contributed by atoms with van der Waals surface area (Å²) in [7, 11) is 0. The van der Waals surface area contributed by atoms with Crippen molar-refractivity contribution in [1.29, 1.82) is 0 Å². The van der Waals surface area contributed by atoms with Crippen LogP contribution in [0.3, 0.4) is 0 Å². The molecule has 2 aliphatic rings. The SMILES string of the molecule is CC1Nc2cc(C(F)(F)F)ccc2S1.O=Nc1scc(-c2ccc(Cl)cc2)c1C1OC1O. The number of rotatable bonds is 3. The standard InChI is InChI=1S/C12H8ClNO3S.C9H8F3NS/c13-7-3-1-6(2-4-7)8-5-18-11(14-16)9(8)10-12(15)17-10;1-5-13-7-4-6(9(10,11)12)2-3-8(7)14-5/h1-5,10,12,15H;2-5,13H,1H3. The average Bonchev–Trinajstić information content (AvgIpc) is 3.14. The van der Waals surface area contributed by atoms with Crippen LogP contribution in [0.15, 0.2) is 57.9 Å². The molecule has 11 heteroatoms. The van der Waals surface area contributed by atoms with Crippen molar-refractivity contribution in [3.8, 4) is 11.1 Å². The van der Waals surface area contributed by atoms with E-state index in [9.17, 15) is 23.2 Å². The molecule has 0 saturated carbocycles. The van der Waals surface area contributed by atoms with Crippen molar-refractivity contribution >= 4 is 45.4 Å². The van der Waals surface area contributed by atoms with Crippen LogP contribution in [-0.4, -0.2) is 16.8 Å². The number of nitrogens with one attached hydrogen (secondary N) is 1. The second-order valence-corrected chi connectivity index (χ2v) is 9.70. The van der Waals surface area contributed by atoms with Gasteiger partial charge in [0.1, 0.15) is 6.10 Å². The first-order chi connectivity index (χ1) is 15.2. The number of thiophene rings is 1. The number of aliphatic hydroxyl groups excluding tert-OH is 1. The third-order valence-electron chi connectivity index (χ3n) is 4.77. The predicted octanol–water partition coefficient (Wildman–Crippen LogP) is 7.43. The van der Waals surface area contributed by atoms with Crippen molar-refractivity contribution in [2.45, 2.75) is 35.8 Å². The molecule has 2 aliphatic heterocycles. The van der Waals surface area contributed by atoms with Crippen molar-refractivity contribution in [1.82, 2.24) is 0 Å². The maximum atomic E-state index is 12.3. The van der Waals surface area contributed by atoms with Crippen LogP contribution in [0.2, 0.25) is 5.02 Å². The van der Waals surface area contributed by atoms with Gasteiger partial charge in [-0.25, -0.2) is 0 Å². The summed E-state index contributed by atoms with van der Waals surface area (Å²) in [5, 5.41) is 18.3. The molecule has 2 N–H and O–H groups in total. The Bertz CT molecular complexity index is 1140. The lowest BCUT2D eigenvalue weighted by Gasteiger charge is -2.08. The number of ether oxygens (including phenoxy) is 1. The second-order valence-electron chi connectivity index (χ2n) is 7.03. The summed E-state index contributed by atoms with van der Waals surface area (Å²) in [6, 6.07) is 11.1. The van der Waals surface area contributed by atoms with Gasteiger partial charge in [-0.05, 0) is 48.0 Å². The fraction of sp³-hybridized carbons (Fsp3) is 0.238. The first kappa shape index (κ1) is 23.1. The number of nitroso groups, excluding NO2 is 1. The van der Waals surface area contributed by atoms with Gasteiger partial charge >= 0.3 is 6.18 Å². The molecule has 3 heterocycles. The molecule has 1 aromatic heterocycles. The summed E-state index contributed by atoms with van der Waals surface area (Å²) < 4.78 is 42.0. The average molecular weight is 501 g/mol. The quantitative estimate of drug-likeness (QED) is 0.289. The van der Waals surface area contributed by atoms with Crippen molar-refractivity contribution in [2.75, 3.05) is 5.32 Å². The Morgan fingerprint density at radius 3 is 2.47 bits per heavy atom. The fourth-order valence-electron chi connectivity index (χ4n) is 3.23. The Balaban J connectivity index is 0.000000158. The lowest BCUT2D eigenvalue weighted by Crippen LogP contribution is -2.06. The van der Waals surface area contributed by atoms with Crippen LogP contribution in [0.5, 0.6) is 0 Å². The van der Waals surface area contributed by atoms with Gasteiger partial charge in [0.15, 0.2) is 11.3 Å². The molecular formula is C21H16ClF3N2O3S2. The highest BCUT2D eigenvalue weighted by Crippen LogP contribution is 2.49. The number of alkyl halides is 3. The Hall–Kier alpha value is -2.11. The number of hydrogen-bond donors (Lipinski definition) is 2. The predicted molar refractivity (Wildman–Crippen MR) is 120 cm³/mol. The fourth-order valence-corrected chi connectivity index (χ4v) is 5.20. The zero-order chi connectivity index (χ0) is 23.0. The van der Waals surface area contributed by atoms with Crippen LogP contribution in [0.4, 0.5) is 23.9 Å². The summed E-state index contributed by atoms with van der Waals surface area (Å²) in [5.74, 6) is 0. The maximum Gasteiger partial charge on any atom is 0.416 e. The van der Waals surface area contributed by atoms with Gasteiger partial charge in [-0.15, -0.1) is 16.2 Å². The molecule has 0 spiro atoms. The normalized spacial score (nSPS) is 21.2. The number of hydrogen-bond acceptors (Lipinski definition) is 7. The molecule has 5 rings (SSSR count). The summed E-state index contributed by atoms with van der Waals surface area (Å²) in [6.45, 7) is 1.91. The Morgan fingerprint density at radius 1 is 1.19 bits per heavy atom. The van der Waals surface area contributed by atoms with E-state index in [1.165, 1.54) is 29.2 Å². The van der Waals surface area contributed by atoms with Gasteiger partial charge in [0.05, 0.1) is 10.9 Å². The van der Waals surface area contributed by atoms with Gasteiger partial charge in [0.2, 0.25) is 0 Å². The van der Waals surface area contributed by atoms with E-state index in [0.29, 0.717) is 21.3 Å². The third-order valence-corrected chi connectivity index (χ3v) is 6.97. The number of aliphatic hydroxyl groups is 1. The molecule has 3 atom stereocenters. The summed E-state index contributed by atoms with van der Waals surface area (Å²) in [4.78, 5) is 11.6. The molecular weight excluding hydrogens is 485 g/mol. The molecule has 1 fully saturated rings. The zero-order valence-electron chi connectivity index (χ0n) is 16.4. The second kappa shape index (κ2) is 9.03. The van der Waals surface area contributed by atoms with Gasteiger partial charge in [-0.3, -0.25) is 0 Å².